The summed E-state index contributed by atoms with van der Waals surface area (Å²) >= 11 is 0. The van der Waals surface area contributed by atoms with Crippen LogP contribution in [0.25, 0.3) is 0 Å². The quantitative estimate of drug-likeness (QED) is 0.413. The van der Waals surface area contributed by atoms with Crippen LogP contribution in [-0.4, -0.2) is 63.1 Å². The highest BCUT2D eigenvalue weighted by Crippen LogP contribution is 2.40. The Morgan fingerprint density at radius 1 is 1.03 bits per heavy atom. The predicted octanol–water partition coefficient (Wildman–Crippen LogP) is 0.889. The third-order valence-electron chi connectivity index (χ3n) is 5.81. The fourth-order valence-electron chi connectivity index (χ4n) is 3.90. The summed E-state index contributed by atoms with van der Waals surface area (Å²) in [7, 11) is 1.72. The van der Waals surface area contributed by atoms with Crippen molar-refractivity contribution in [1.82, 2.24) is 0 Å². The maximum Gasteiger partial charge on any atom is 0.222 e. The Balaban J connectivity index is 2.05. The topological polar surface area (TPSA) is 122 Å². The lowest BCUT2D eigenvalue weighted by Gasteiger charge is -2.47. The molecule has 2 aromatic rings. The molecule has 1 aliphatic heterocycles. The van der Waals surface area contributed by atoms with Gasteiger partial charge in [-0.15, -0.1) is 0 Å². The fraction of sp³-hybridized carbons (Fsp3) is 0.478. The van der Waals surface area contributed by atoms with E-state index < -0.39 is 36.3 Å². The molecule has 0 spiro atoms. The Morgan fingerprint density at radius 3 is 2.23 bits per heavy atom. The van der Waals surface area contributed by atoms with Gasteiger partial charge in [-0.1, -0.05) is 37.3 Å². The number of aliphatic hydroxyl groups is 5. The highest BCUT2D eigenvalue weighted by Gasteiger charge is 2.55. The second kappa shape index (κ2) is 9.01. The number of ether oxygens (including phenoxy) is 1. The lowest BCUT2D eigenvalue weighted by molar-refractivity contribution is -0.364. The predicted molar refractivity (Wildman–Crippen MR) is 113 cm³/mol. The van der Waals surface area contributed by atoms with Crippen molar-refractivity contribution in [3.8, 4) is 0 Å². The van der Waals surface area contributed by atoms with Gasteiger partial charge in [0, 0.05) is 18.3 Å². The van der Waals surface area contributed by atoms with Gasteiger partial charge < -0.3 is 35.6 Å². The summed E-state index contributed by atoms with van der Waals surface area (Å²) < 4.78 is 5.65. The van der Waals surface area contributed by atoms with Crippen LogP contribution in [0.2, 0.25) is 0 Å². The van der Waals surface area contributed by atoms with Crippen molar-refractivity contribution in [3.05, 3.63) is 64.7 Å². The van der Waals surface area contributed by atoms with Crippen LogP contribution in [-0.2, 0) is 23.4 Å². The van der Waals surface area contributed by atoms with Gasteiger partial charge in [0.2, 0.25) is 5.79 Å². The van der Waals surface area contributed by atoms with Gasteiger partial charge in [0.1, 0.15) is 24.4 Å². The molecule has 6 atom stereocenters. The highest BCUT2D eigenvalue weighted by atomic mass is 16.7. The van der Waals surface area contributed by atoms with E-state index >= 15 is 0 Å². The van der Waals surface area contributed by atoms with Crippen LogP contribution >= 0.6 is 0 Å². The molecule has 30 heavy (non-hydrogen) atoms. The monoisotopic (exact) mass is 417 g/mol. The van der Waals surface area contributed by atoms with Gasteiger partial charge in [-0.3, -0.25) is 0 Å². The molecule has 0 aliphatic carbocycles. The normalized spacial score (nSPS) is 30.1. The van der Waals surface area contributed by atoms with E-state index in [4.69, 9.17) is 4.74 Å². The molecule has 1 aliphatic rings. The van der Waals surface area contributed by atoms with E-state index in [2.05, 4.69) is 12.2 Å². The minimum absolute atomic E-state index is 0.262. The third kappa shape index (κ3) is 4.23. The zero-order valence-corrected chi connectivity index (χ0v) is 17.5. The molecule has 0 bridgehead atoms. The molecule has 164 valence electrons. The molecule has 0 amide bonds. The van der Waals surface area contributed by atoms with Crippen molar-refractivity contribution in [1.29, 1.82) is 0 Å². The first-order valence-corrected chi connectivity index (χ1v) is 10.2. The van der Waals surface area contributed by atoms with Crippen molar-refractivity contribution in [2.24, 2.45) is 0 Å². The number of nitrogens with one attached hydrogen (secondary N) is 1. The van der Waals surface area contributed by atoms with Gasteiger partial charge in [0.05, 0.1) is 6.10 Å². The van der Waals surface area contributed by atoms with Gasteiger partial charge in [-0.25, -0.2) is 0 Å². The van der Waals surface area contributed by atoms with E-state index in [0.717, 1.165) is 12.0 Å². The number of hydrogen-bond donors (Lipinski definition) is 6. The van der Waals surface area contributed by atoms with Gasteiger partial charge in [-0.2, -0.15) is 0 Å². The van der Waals surface area contributed by atoms with Crippen molar-refractivity contribution in [2.45, 2.75) is 63.0 Å². The summed E-state index contributed by atoms with van der Waals surface area (Å²) in [6.07, 6.45) is -6.11. The second-order valence-electron chi connectivity index (χ2n) is 7.91. The van der Waals surface area contributed by atoms with E-state index in [1.54, 1.807) is 13.1 Å². The smallest absolute Gasteiger partial charge is 0.222 e. The van der Waals surface area contributed by atoms with Crippen LogP contribution in [0.5, 0.6) is 0 Å². The van der Waals surface area contributed by atoms with Gasteiger partial charge in [0.15, 0.2) is 0 Å². The van der Waals surface area contributed by atoms with Crippen LogP contribution in [0.15, 0.2) is 42.5 Å². The van der Waals surface area contributed by atoms with Crippen LogP contribution in [0, 0.1) is 0 Å². The van der Waals surface area contributed by atoms with Crippen LogP contribution in [0.1, 0.15) is 36.1 Å². The molecule has 6 N–H and O–H groups in total. The Labute approximate surface area is 176 Å². The molecule has 7 nitrogen and oxygen atoms in total. The van der Waals surface area contributed by atoms with Crippen molar-refractivity contribution >= 4 is 5.69 Å². The number of benzene rings is 2. The molecule has 3 rings (SSSR count). The van der Waals surface area contributed by atoms with Crippen molar-refractivity contribution in [3.63, 3.8) is 0 Å². The molecule has 0 unspecified atom stereocenters. The minimum Gasteiger partial charge on any atom is -0.391 e. The summed E-state index contributed by atoms with van der Waals surface area (Å²) in [4.78, 5) is 0. The maximum atomic E-state index is 11.4. The summed E-state index contributed by atoms with van der Waals surface area (Å²) in [5, 5.41) is 55.6. The lowest BCUT2D eigenvalue weighted by Crippen LogP contribution is -2.65. The van der Waals surface area contributed by atoms with Gasteiger partial charge >= 0.3 is 0 Å². The largest absolute Gasteiger partial charge is 0.391 e. The summed E-state index contributed by atoms with van der Waals surface area (Å²) in [5.41, 5.74) is 3.84. The molecular weight excluding hydrogens is 386 g/mol. The Kier molecular flexibility index (Phi) is 6.81. The molecule has 0 saturated carbocycles. The lowest BCUT2D eigenvalue weighted by atomic mass is 9.83. The molecule has 1 heterocycles. The van der Waals surface area contributed by atoms with E-state index in [1.165, 1.54) is 12.5 Å². The average molecular weight is 418 g/mol. The molecular formula is C23H31NO6. The number of anilines is 1. The highest BCUT2D eigenvalue weighted by molar-refractivity contribution is 5.51. The first-order valence-electron chi connectivity index (χ1n) is 10.2. The van der Waals surface area contributed by atoms with Crippen LogP contribution < -0.4 is 5.32 Å². The number of aryl methyl sites for hydroxylation is 1. The van der Waals surface area contributed by atoms with Gasteiger partial charge in [0.25, 0.3) is 0 Å². The van der Waals surface area contributed by atoms with E-state index in [9.17, 15) is 25.5 Å². The van der Waals surface area contributed by atoms with E-state index in [0.29, 0.717) is 17.7 Å². The average Bonchev–Trinajstić information content (AvgIpc) is 2.75. The van der Waals surface area contributed by atoms with Gasteiger partial charge in [-0.05, 0) is 48.6 Å². The molecule has 2 aromatic carbocycles. The maximum absolute atomic E-state index is 11.4. The first kappa shape index (κ1) is 22.7. The molecule has 0 aromatic heterocycles. The first-order chi connectivity index (χ1) is 14.2. The third-order valence-corrected chi connectivity index (χ3v) is 5.81. The zero-order chi connectivity index (χ0) is 22.1. The number of rotatable bonds is 6. The Bertz CT molecular complexity index is 855. The SMILES string of the molecule is CCc1ccc(Cc2ccc(NC)cc2[C@@]2(O)O[C@H]([C@H](C)O)[C@@H](O)[C@H](O)[C@H]2O)cc1. The summed E-state index contributed by atoms with van der Waals surface area (Å²) in [5.74, 6) is -2.31. The number of hydrogen-bond acceptors (Lipinski definition) is 7. The number of aliphatic hydroxyl groups excluding tert-OH is 4. The summed E-state index contributed by atoms with van der Waals surface area (Å²) in [6.45, 7) is 3.47. The van der Waals surface area contributed by atoms with Crippen LogP contribution in [0.3, 0.4) is 0 Å². The zero-order valence-electron chi connectivity index (χ0n) is 17.5. The minimum atomic E-state index is -2.31. The van der Waals surface area contributed by atoms with Crippen LogP contribution in [0.4, 0.5) is 5.69 Å². The van der Waals surface area contributed by atoms with E-state index in [-0.39, 0.29) is 5.56 Å². The molecule has 1 fully saturated rings. The molecule has 7 heteroatoms. The Hall–Kier alpha value is -2.00. The standard InChI is InChI=1S/C23H31NO6/c1-4-14-5-7-15(8-6-14)11-16-9-10-17(24-3)12-18(16)23(29)22(28)20(27)19(26)21(30-23)13(2)25/h5-10,12-13,19-22,24-29H,4,11H2,1-3H3/t13-,19-,20-,21+,22+,23+/m0/s1. The summed E-state index contributed by atoms with van der Waals surface area (Å²) in [6, 6.07) is 13.4. The molecule has 0 radical (unpaired) electrons. The van der Waals surface area contributed by atoms with Crippen molar-refractivity contribution < 1.29 is 30.3 Å². The molecule has 1 saturated heterocycles. The fourth-order valence-corrected chi connectivity index (χ4v) is 3.90. The second-order valence-corrected chi connectivity index (χ2v) is 7.91. The van der Waals surface area contributed by atoms with Crippen molar-refractivity contribution in [2.75, 3.05) is 12.4 Å². The van der Waals surface area contributed by atoms with E-state index in [1.807, 2.05) is 36.4 Å². The Morgan fingerprint density at radius 2 is 1.67 bits per heavy atom.